The summed E-state index contributed by atoms with van der Waals surface area (Å²) in [6.07, 6.45) is 6.98. The Labute approximate surface area is 234 Å². The predicted molar refractivity (Wildman–Crippen MR) is 153 cm³/mol. The first kappa shape index (κ1) is 34.6. The molecule has 0 aromatic rings. The Hall–Kier alpha value is -2.40. The number of primary amides is 1. The maximum absolute atomic E-state index is 13.4. The number of hydrogen-bond donors (Lipinski definition) is 7. The molecular weight excluding hydrogens is 500 g/mol. The fourth-order valence-electron chi connectivity index (χ4n) is 4.96. The summed E-state index contributed by atoms with van der Waals surface area (Å²) in [5.74, 6) is -1.44. The van der Waals surface area contributed by atoms with E-state index in [4.69, 9.17) is 5.73 Å². The number of carbonyl (C=O) groups excluding carboxylic acids is 3. The van der Waals surface area contributed by atoms with Crippen LogP contribution in [0.2, 0.25) is 0 Å². The van der Waals surface area contributed by atoms with Crippen LogP contribution >= 0.6 is 0 Å². The maximum Gasteiger partial charge on any atom is 0.326 e. The van der Waals surface area contributed by atoms with E-state index < -0.39 is 36.0 Å². The smallest absolute Gasteiger partial charge is 0.326 e. The van der Waals surface area contributed by atoms with Crippen molar-refractivity contribution >= 4 is 23.8 Å². The molecule has 1 aliphatic rings. The number of carboxylic acid groups (broad SMARTS) is 1. The molecule has 0 aromatic heterocycles. The van der Waals surface area contributed by atoms with Gasteiger partial charge in [0.25, 0.3) is 0 Å². The van der Waals surface area contributed by atoms with Crippen LogP contribution in [0.15, 0.2) is 0 Å². The van der Waals surface area contributed by atoms with Crippen molar-refractivity contribution in [2.45, 2.75) is 129 Å². The van der Waals surface area contributed by atoms with Gasteiger partial charge >= 0.3 is 12.0 Å². The SMILES string of the molecule is CC(N[C@H](C(=O)NC(CCCNC(N)=O)C(=O)N[C@H](CCCCNC(C)(C)C)C(=O)O)C(C)C)C1CCCC1. The number of unbranched alkanes of at least 4 members (excludes halogenated alkanes) is 1. The Kier molecular flexibility index (Phi) is 15.4. The number of aliphatic carboxylic acids is 1. The first-order valence-corrected chi connectivity index (χ1v) is 14.6. The average molecular weight is 555 g/mol. The standard InChI is InChI=1S/C28H54N6O5/c1-18(2)23(32-19(3)20-12-7-8-13-20)25(36)33-21(15-11-16-30-27(29)39)24(35)34-22(26(37)38)14-9-10-17-31-28(4,5)6/h18-23,31-32H,7-17H2,1-6H3,(H,33,36)(H,34,35)(H,37,38)(H3,29,30,39)/t19?,21?,22-,23+/m1/s1. The van der Waals surface area contributed by atoms with Crippen LogP contribution in [-0.2, 0) is 14.4 Å². The van der Waals surface area contributed by atoms with Crippen molar-refractivity contribution in [3.8, 4) is 0 Å². The van der Waals surface area contributed by atoms with Gasteiger partial charge in [0.15, 0.2) is 0 Å². The number of rotatable bonds is 18. The molecule has 0 aliphatic heterocycles. The number of nitrogens with one attached hydrogen (secondary N) is 5. The fraction of sp³-hybridized carbons (Fsp3) is 0.857. The van der Waals surface area contributed by atoms with Crippen LogP contribution < -0.4 is 32.3 Å². The minimum absolute atomic E-state index is 0.0115. The second kappa shape index (κ2) is 17.3. The molecule has 4 atom stereocenters. The molecule has 0 aromatic carbocycles. The molecule has 1 fully saturated rings. The quantitative estimate of drug-likeness (QED) is 0.127. The van der Waals surface area contributed by atoms with Crippen LogP contribution in [0.25, 0.3) is 0 Å². The third kappa shape index (κ3) is 14.5. The Morgan fingerprint density at radius 1 is 0.872 bits per heavy atom. The lowest BCUT2D eigenvalue weighted by molar-refractivity contribution is -0.142. The van der Waals surface area contributed by atoms with Crippen molar-refractivity contribution in [3.63, 3.8) is 0 Å². The molecule has 0 spiro atoms. The second-order valence-electron chi connectivity index (χ2n) is 12.3. The molecule has 0 radical (unpaired) electrons. The van der Waals surface area contributed by atoms with Gasteiger partial charge in [0.2, 0.25) is 11.8 Å². The van der Waals surface area contributed by atoms with Gasteiger partial charge in [-0.3, -0.25) is 9.59 Å². The van der Waals surface area contributed by atoms with Crippen molar-refractivity contribution in [1.82, 2.24) is 26.6 Å². The third-order valence-corrected chi connectivity index (χ3v) is 7.29. The van der Waals surface area contributed by atoms with E-state index in [-0.39, 0.29) is 42.8 Å². The molecule has 0 heterocycles. The highest BCUT2D eigenvalue weighted by molar-refractivity contribution is 5.91. The van der Waals surface area contributed by atoms with Gasteiger partial charge in [-0.15, -0.1) is 0 Å². The highest BCUT2D eigenvalue weighted by Crippen LogP contribution is 2.28. The molecule has 8 N–H and O–H groups in total. The summed E-state index contributed by atoms with van der Waals surface area (Å²) in [6.45, 7) is 13.2. The molecule has 11 nitrogen and oxygen atoms in total. The number of hydrogen-bond acceptors (Lipinski definition) is 6. The van der Waals surface area contributed by atoms with E-state index >= 15 is 0 Å². The van der Waals surface area contributed by atoms with E-state index in [1.54, 1.807) is 0 Å². The number of carbonyl (C=O) groups is 4. The van der Waals surface area contributed by atoms with E-state index in [1.807, 2.05) is 13.8 Å². The number of urea groups is 1. The summed E-state index contributed by atoms with van der Waals surface area (Å²) in [5.41, 5.74) is 5.11. The van der Waals surface area contributed by atoms with Crippen molar-refractivity contribution in [2.24, 2.45) is 17.6 Å². The summed E-state index contributed by atoms with van der Waals surface area (Å²) in [5, 5.41) is 24.5. The second-order valence-corrected chi connectivity index (χ2v) is 12.3. The van der Waals surface area contributed by atoms with Crippen molar-refractivity contribution < 1.29 is 24.3 Å². The largest absolute Gasteiger partial charge is 0.480 e. The minimum Gasteiger partial charge on any atom is -0.480 e. The zero-order valence-electron chi connectivity index (χ0n) is 24.9. The van der Waals surface area contributed by atoms with Crippen LogP contribution in [-0.4, -0.2) is 71.7 Å². The molecule has 2 unspecified atom stereocenters. The molecule has 4 amide bonds. The maximum atomic E-state index is 13.4. The van der Waals surface area contributed by atoms with Gasteiger partial charge in [0.05, 0.1) is 6.04 Å². The van der Waals surface area contributed by atoms with Crippen molar-refractivity contribution in [2.75, 3.05) is 13.1 Å². The van der Waals surface area contributed by atoms with Gasteiger partial charge in [-0.25, -0.2) is 9.59 Å². The Morgan fingerprint density at radius 2 is 1.46 bits per heavy atom. The molecule has 0 bridgehead atoms. The Morgan fingerprint density at radius 3 is 2.00 bits per heavy atom. The molecule has 226 valence electrons. The van der Waals surface area contributed by atoms with Crippen LogP contribution in [0.5, 0.6) is 0 Å². The Balaban J connectivity index is 2.84. The van der Waals surface area contributed by atoms with Gasteiger partial charge < -0.3 is 37.4 Å². The normalized spacial score (nSPS) is 17.3. The lowest BCUT2D eigenvalue weighted by Crippen LogP contribution is -2.57. The summed E-state index contributed by atoms with van der Waals surface area (Å²) in [6, 6.07) is -3.00. The number of carboxylic acids is 1. The van der Waals surface area contributed by atoms with E-state index in [0.29, 0.717) is 18.8 Å². The van der Waals surface area contributed by atoms with E-state index in [9.17, 15) is 24.3 Å². The Bertz CT molecular complexity index is 779. The summed E-state index contributed by atoms with van der Waals surface area (Å²) in [4.78, 5) is 49.5. The first-order valence-electron chi connectivity index (χ1n) is 14.6. The van der Waals surface area contributed by atoms with Gasteiger partial charge in [0.1, 0.15) is 12.1 Å². The molecule has 39 heavy (non-hydrogen) atoms. The highest BCUT2D eigenvalue weighted by atomic mass is 16.4. The first-order chi connectivity index (χ1) is 18.2. The fourth-order valence-corrected chi connectivity index (χ4v) is 4.96. The van der Waals surface area contributed by atoms with Crippen molar-refractivity contribution in [1.29, 1.82) is 0 Å². The van der Waals surface area contributed by atoms with Crippen LogP contribution in [0, 0.1) is 11.8 Å². The van der Waals surface area contributed by atoms with Gasteiger partial charge in [-0.05, 0) is 91.0 Å². The van der Waals surface area contributed by atoms with Gasteiger partial charge in [-0.1, -0.05) is 26.7 Å². The third-order valence-electron chi connectivity index (χ3n) is 7.29. The minimum atomic E-state index is -1.11. The summed E-state index contributed by atoms with van der Waals surface area (Å²) >= 11 is 0. The average Bonchev–Trinajstić information content (AvgIpc) is 3.37. The van der Waals surface area contributed by atoms with E-state index in [2.05, 4.69) is 54.3 Å². The van der Waals surface area contributed by atoms with Crippen molar-refractivity contribution in [3.05, 3.63) is 0 Å². The molecule has 1 aliphatic carbocycles. The number of nitrogens with two attached hydrogens (primary N) is 1. The zero-order valence-corrected chi connectivity index (χ0v) is 24.9. The molecule has 1 rings (SSSR count). The predicted octanol–water partition coefficient (Wildman–Crippen LogP) is 2.24. The summed E-state index contributed by atoms with van der Waals surface area (Å²) in [7, 11) is 0. The van der Waals surface area contributed by atoms with Gasteiger partial charge in [0, 0.05) is 18.1 Å². The molecule has 1 saturated carbocycles. The lowest BCUT2D eigenvalue weighted by Gasteiger charge is -2.30. The lowest BCUT2D eigenvalue weighted by atomic mass is 9.95. The van der Waals surface area contributed by atoms with E-state index in [0.717, 1.165) is 25.8 Å². The van der Waals surface area contributed by atoms with Crippen LogP contribution in [0.1, 0.15) is 99.3 Å². The topological polar surface area (TPSA) is 175 Å². The zero-order chi connectivity index (χ0) is 29.6. The highest BCUT2D eigenvalue weighted by Gasteiger charge is 2.32. The number of amides is 4. The van der Waals surface area contributed by atoms with Crippen LogP contribution in [0.4, 0.5) is 4.79 Å². The monoisotopic (exact) mass is 554 g/mol. The summed E-state index contributed by atoms with van der Waals surface area (Å²) < 4.78 is 0. The van der Waals surface area contributed by atoms with Gasteiger partial charge in [-0.2, -0.15) is 0 Å². The van der Waals surface area contributed by atoms with E-state index in [1.165, 1.54) is 12.8 Å². The molecular formula is C28H54N6O5. The van der Waals surface area contributed by atoms with Crippen LogP contribution in [0.3, 0.4) is 0 Å². The molecule has 0 saturated heterocycles. The molecule has 11 heteroatoms.